The van der Waals surface area contributed by atoms with E-state index in [1.54, 1.807) is 12.1 Å². The zero-order valence-corrected chi connectivity index (χ0v) is 15.6. The number of carbonyl (C=O) groups excluding carboxylic acids is 2. The lowest BCUT2D eigenvalue weighted by atomic mass is 10.0. The highest BCUT2D eigenvalue weighted by Gasteiger charge is 2.24. The minimum Gasteiger partial charge on any atom is -0.388 e. The van der Waals surface area contributed by atoms with Crippen molar-refractivity contribution in [3.05, 3.63) is 70.9 Å². The van der Waals surface area contributed by atoms with Crippen LogP contribution >= 0.6 is 0 Å². The highest BCUT2D eigenvalue weighted by atomic mass is 16.3. The molecule has 0 spiro atoms. The second kappa shape index (κ2) is 7.58. The Morgan fingerprint density at radius 3 is 2.54 bits per heavy atom. The summed E-state index contributed by atoms with van der Waals surface area (Å²) in [6, 6.07) is 15.7. The van der Waals surface area contributed by atoms with Gasteiger partial charge in [0.1, 0.15) is 6.61 Å². The smallest absolute Gasteiger partial charge is 0.231 e. The molecule has 144 valence electrons. The third-order valence-electron chi connectivity index (χ3n) is 5.38. The number of benzene rings is 2. The van der Waals surface area contributed by atoms with Crippen LogP contribution in [0.3, 0.4) is 0 Å². The summed E-state index contributed by atoms with van der Waals surface area (Å²) < 4.78 is 2.33. The van der Waals surface area contributed by atoms with Crippen LogP contribution in [0.15, 0.2) is 48.5 Å². The molecule has 0 radical (unpaired) electrons. The van der Waals surface area contributed by atoms with Crippen LogP contribution in [-0.2, 0) is 24.3 Å². The number of nitrogens with zero attached hydrogens (tertiary/aromatic N) is 2. The number of ketones is 1. The van der Waals surface area contributed by atoms with Gasteiger partial charge in [-0.15, -0.1) is 0 Å². The van der Waals surface area contributed by atoms with Crippen molar-refractivity contribution >= 4 is 22.6 Å². The fourth-order valence-electron chi connectivity index (χ4n) is 4.06. The summed E-state index contributed by atoms with van der Waals surface area (Å²) in [7, 11) is 0. The summed E-state index contributed by atoms with van der Waals surface area (Å²) in [5.41, 5.74) is 10.7. The van der Waals surface area contributed by atoms with Gasteiger partial charge in [0, 0.05) is 48.2 Å². The van der Waals surface area contributed by atoms with Crippen molar-refractivity contribution in [1.29, 1.82) is 0 Å². The SMILES string of the molecule is NC(=O)CN1CCc2c(c3ccccc3n2Cc2ccc(C(=O)CO)cc2)C1. The summed E-state index contributed by atoms with van der Waals surface area (Å²) in [5.74, 6) is -0.574. The van der Waals surface area contributed by atoms with E-state index in [1.165, 1.54) is 22.2 Å². The maximum absolute atomic E-state index is 11.6. The molecule has 1 amide bonds. The lowest BCUT2D eigenvalue weighted by Gasteiger charge is -2.27. The monoisotopic (exact) mass is 377 g/mol. The van der Waals surface area contributed by atoms with Crippen molar-refractivity contribution in [3.63, 3.8) is 0 Å². The van der Waals surface area contributed by atoms with Gasteiger partial charge < -0.3 is 15.4 Å². The molecule has 3 aromatic rings. The molecule has 1 aliphatic rings. The van der Waals surface area contributed by atoms with Gasteiger partial charge in [0.2, 0.25) is 5.91 Å². The molecule has 3 N–H and O–H groups in total. The Bertz CT molecular complexity index is 1040. The number of carbonyl (C=O) groups is 2. The van der Waals surface area contributed by atoms with Crippen molar-refractivity contribution in [1.82, 2.24) is 9.47 Å². The molecule has 0 bridgehead atoms. The third-order valence-corrected chi connectivity index (χ3v) is 5.38. The number of hydrogen-bond acceptors (Lipinski definition) is 4. The van der Waals surface area contributed by atoms with Crippen LogP contribution in [0.1, 0.15) is 27.2 Å². The Labute approximate surface area is 163 Å². The maximum Gasteiger partial charge on any atom is 0.231 e. The molecule has 1 aromatic heterocycles. The van der Waals surface area contributed by atoms with Crippen molar-refractivity contribution in [2.75, 3.05) is 19.7 Å². The van der Waals surface area contributed by atoms with Crippen molar-refractivity contribution in [3.8, 4) is 0 Å². The van der Waals surface area contributed by atoms with Crippen LogP contribution in [0.2, 0.25) is 0 Å². The maximum atomic E-state index is 11.6. The van der Waals surface area contributed by atoms with E-state index in [2.05, 4.69) is 21.6 Å². The number of primary amides is 1. The summed E-state index contributed by atoms with van der Waals surface area (Å²) in [6.07, 6.45) is 0.859. The number of rotatable bonds is 6. The van der Waals surface area contributed by atoms with Gasteiger partial charge in [0.15, 0.2) is 5.78 Å². The van der Waals surface area contributed by atoms with Crippen LogP contribution in [-0.4, -0.2) is 46.0 Å². The number of nitrogens with two attached hydrogens (primary N) is 1. The van der Waals surface area contributed by atoms with Gasteiger partial charge in [-0.25, -0.2) is 0 Å². The molecular formula is C22H23N3O3. The van der Waals surface area contributed by atoms with E-state index < -0.39 is 6.61 Å². The van der Waals surface area contributed by atoms with E-state index in [9.17, 15) is 9.59 Å². The first-order valence-corrected chi connectivity index (χ1v) is 9.39. The van der Waals surface area contributed by atoms with E-state index >= 15 is 0 Å². The number of aliphatic hydroxyl groups is 1. The Hall–Kier alpha value is -2.96. The van der Waals surface area contributed by atoms with Gasteiger partial charge in [-0.1, -0.05) is 42.5 Å². The molecular weight excluding hydrogens is 354 g/mol. The van der Waals surface area contributed by atoms with Gasteiger partial charge in [0.05, 0.1) is 6.54 Å². The van der Waals surface area contributed by atoms with Crippen LogP contribution in [0, 0.1) is 0 Å². The fraction of sp³-hybridized carbons (Fsp3) is 0.273. The molecule has 0 atom stereocenters. The van der Waals surface area contributed by atoms with Crippen LogP contribution in [0.5, 0.6) is 0 Å². The van der Waals surface area contributed by atoms with Crippen molar-refractivity contribution < 1.29 is 14.7 Å². The zero-order valence-electron chi connectivity index (χ0n) is 15.6. The second-order valence-corrected chi connectivity index (χ2v) is 7.23. The summed E-state index contributed by atoms with van der Waals surface area (Å²) >= 11 is 0. The molecule has 4 rings (SSSR count). The largest absolute Gasteiger partial charge is 0.388 e. The highest BCUT2D eigenvalue weighted by molar-refractivity contribution is 5.96. The quantitative estimate of drug-likeness (QED) is 0.640. The normalized spacial score (nSPS) is 14.2. The average Bonchev–Trinajstić information content (AvgIpc) is 3.01. The number of Topliss-reactive ketones (excluding diaryl/α,β-unsaturated/α-hetero) is 1. The Kier molecular flexibility index (Phi) is 4.98. The highest BCUT2D eigenvalue weighted by Crippen LogP contribution is 2.31. The molecule has 2 heterocycles. The molecule has 0 saturated heterocycles. The molecule has 0 fully saturated rings. The van der Waals surface area contributed by atoms with E-state index in [0.717, 1.165) is 25.1 Å². The number of hydrogen-bond donors (Lipinski definition) is 2. The lowest BCUT2D eigenvalue weighted by molar-refractivity contribution is -0.119. The third kappa shape index (κ3) is 3.44. The fourth-order valence-corrected chi connectivity index (χ4v) is 4.06. The Morgan fingerprint density at radius 2 is 1.82 bits per heavy atom. The van der Waals surface area contributed by atoms with Crippen LogP contribution in [0.25, 0.3) is 10.9 Å². The predicted octanol–water partition coefficient (Wildman–Crippen LogP) is 1.71. The number of aromatic nitrogens is 1. The molecule has 1 aliphatic heterocycles. The number of para-hydroxylation sites is 1. The topological polar surface area (TPSA) is 88.6 Å². The van der Waals surface area contributed by atoms with E-state index in [4.69, 9.17) is 10.8 Å². The van der Waals surface area contributed by atoms with Gasteiger partial charge >= 0.3 is 0 Å². The second-order valence-electron chi connectivity index (χ2n) is 7.23. The molecule has 0 saturated carbocycles. The molecule has 6 nitrogen and oxygen atoms in total. The lowest BCUT2D eigenvalue weighted by Crippen LogP contribution is -2.37. The van der Waals surface area contributed by atoms with E-state index in [-0.39, 0.29) is 18.2 Å². The van der Waals surface area contributed by atoms with Crippen LogP contribution in [0.4, 0.5) is 0 Å². The Balaban J connectivity index is 1.68. The summed E-state index contributed by atoms with van der Waals surface area (Å²) in [4.78, 5) is 25.0. The zero-order chi connectivity index (χ0) is 19.7. The van der Waals surface area contributed by atoms with Gasteiger partial charge in [-0.3, -0.25) is 14.5 Å². The van der Waals surface area contributed by atoms with Gasteiger partial charge in [-0.05, 0) is 17.2 Å². The van der Waals surface area contributed by atoms with E-state index in [0.29, 0.717) is 12.1 Å². The molecule has 0 aliphatic carbocycles. The average molecular weight is 377 g/mol. The number of fused-ring (bicyclic) bond motifs is 3. The minimum atomic E-state index is -0.475. The number of amides is 1. The number of aliphatic hydroxyl groups excluding tert-OH is 1. The summed E-state index contributed by atoms with van der Waals surface area (Å²) in [6.45, 7) is 2.03. The molecule has 6 heteroatoms. The minimum absolute atomic E-state index is 0.273. The van der Waals surface area contributed by atoms with Gasteiger partial charge in [-0.2, -0.15) is 0 Å². The Morgan fingerprint density at radius 1 is 1.07 bits per heavy atom. The molecule has 2 aromatic carbocycles. The van der Waals surface area contributed by atoms with Gasteiger partial charge in [0.25, 0.3) is 0 Å². The first kappa shape index (κ1) is 18.4. The first-order valence-electron chi connectivity index (χ1n) is 9.39. The van der Waals surface area contributed by atoms with Crippen LogP contribution < -0.4 is 5.73 Å². The molecule has 0 unspecified atom stereocenters. The van der Waals surface area contributed by atoms with E-state index in [1.807, 2.05) is 24.3 Å². The van der Waals surface area contributed by atoms with Crippen molar-refractivity contribution in [2.24, 2.45) is 5.73 Å². The molecule has 28 heavy (non-hydrogen) atoms. The predicted molar refractivity (Wildman–Crippen MR) is 107 cm³/mol. The van der Waals surface area contributed by atoms with Crippen molar-refractivity contribution in [2.45, 2.75) is 19.5 Å². The standard InChI is InChI=1S/C22H23N3O3/c23-22(28)13-24-10-9-20-18(12-24)17-3-1-2-4-19(17)25(20)11-15-5-7-16(8-6-15)21(27)14-26/h1-8,26H,9-14H2,(H2,23,28). The summed E-state index contributed by atoms with van der Waals surface area (Å²) in [5, 5.41) is 10.2. The first-order chi connectivity index (χ1) is 13.6.